The molecule has 2 aromatic heterocycles. The summed E-state index contributed by atoms with van der Waals surface area (Å²) in [5.41, 5.74) is 2.52. The van der Waals surface area contributed by atoms with Crippen LogP contribution in [0.5, 0.6) is 0 Å². The van der Waals surface area contributed by atoms with E-state index in [-0.39, 0.29) is 18.0 Å². The SMILES string of the molecule is CC(C)[C@@H](NC(=O)N1CCN(c2nc3ccccc3o2)CC1)c1ccccn1. The second kappa shape index (κ2) is 7.88. The van der Waals surface area contributed by atoms with Crippen LogP contribution in [0.1, 0.15) is 25.6 Å². The average molecular weight is 379 g/mol. The van der Waals surface area contributed by atoms with E-state index in [0.717, 1.165) is 16.8 Å². The van der Waals surface area contributed by atoms with Gasteiger partial charge in [-0.3, -0.25) is 4.98 Å². The van der Waals surface area contributed by atoms with Crippen LogP contribution in [-0.2, 0) is 0 Å². The Morgan fingerprint density at radius 3 is 2.50 bits per heavy atom. The molecule has 146 valence electrons. The third-order valence-corrected chi connectivity index (χ3v) is 5.07. The Hall–Kier alpha value is -3.09. The van der Waals surface area contributed by atoms with Crippen molar-refractivity contribution in [2.45, 2.75) is 19.9 Å². The van der Waals surface area contributed by atoms with Crippen LogP contribution in [-0.4, -0.2) is 47.1 Å². The maximum absolute atomic E-state index is 12.8. The minimum Gasteiger partial charge on any atom is -0.423 e. The van der Waals surface area contributed by atoms with E-state index in [1.165, 1.54) is 0 Å². The molecule has 7 heteroatoms. The lowest BCUT2D eigenvalue weighted by Crippen LogP contribution is -2.52. The van der Waals surface area contributed by atoms with E-state index in [4.69, 9.17) is 4.42 Å². The minimum atomic E-state index is -0.108. The zero-order valence-corrected chi connectivity index (χ0v) is 16.2. The van der Waals surface area contributed by atoms with Gasteiger partial charge in [-0.2, -0.15) is 4.98 Å². The highest BCUT2D eigenvalue weighted by atomic mass is 16.4. The lowest BCUT2D eigenvalue weighted by atomic mass is 10.0. The molecule has 1 fully saturated rings. The second-order valence-corrected chi connectivity index (χ2v) is 7.36. The van der Waals surface area contributed by atoms with Crippen molar-refractivity contribution in [3.63, 3.8) is 0 Å². The topological polar surface area (TPSA) is 74.5 Å². The molecule has 0 radical (unpaired) electrons. The van der Waals surface area contributed by atoms with Gasteiger partial charge >= 0.3 is 6.03 Å². The maximum atomic E-state index is 12.8. The Bertz CT molecular complexity index is 899. The van der Waals surface area contributed by atoms with Crippen molar-refractivity contribution in [1.82, 2.24) is 20.2 Å². The van der Waals surface area contributed by atoms with Gasteiger partial charge in [0.2, 0.25) is 0 Å². The summed E-state index contributed by atoms with van der Waals surface area (Å²) >= 11 is 0. The fraction of sp³-hybridized carbons (Fsp3) is 0.381. The number of para-hydroxylation sites is 2. The molecule has 0 saturated carbocycles. The van der Waals surface area contributed by atoms with Gasteiger partial charge in [0, 0.05) is 32.4 Å². The summed E-state index contributed by atoms with van der Waals surface area (Å²) < 4.78 is 5.84. The van der Waals surface area contributed by atoms with Crippen molar-refractivity contribution in [2.24, 2.45) is 5.92 Å². The first-order valence-electron chi connectivity index (χ1n) is 9.68. The number of oxazole rings is 1. The number of amides is 2. The van der Waals surface area contributed by atoms with E-state index >= 15 is 0 Å². The third-order valence-electron chi connectivity index (χ3n) is 5.07. The molecule has 0 bridgehead atoms. The number of anilines is 1. The molecule has 28 heavy (non-hydrogen) atoms. The van der Waals surface area contributed by atoms with Crippen LogP contribution in [0, 0.1) is 5.92 Å². The van der Waals surface area contributed by atoms with Gasteiger partial charge in [-0.1, -0.05) is 32.0 Å². The van der Waals surface area contributed by atoms with Crippen molar-refractivity contribution >= 4 is 23.1 Å². The van der Waals surface area contributed by atoms with Crippen LogP contribution in [0.15, 0.2) is 53.1 Å². The van der Waals surface area contributed by atoms with Gasteiger partial charge in [-0.15, -0.1) is 0 Å². The summed E-state index contributed by atoms with van der Waals surface area (Å²) in [6, 6.07) is 14.0. The number of nitrogens with one attached hydrogen (secondary N) is 1. The largest absolute Gasteiger partial charge is 0.423 e. The van der Waals surface area contributed by atoms with E-state index in [0.29, 0.717) is 32.2 Å². The molecule has 1 aliphatic heterocycles. The van der Waals surface area contributed by atoms with Crippen molar-refractivity contribution in [1.29, 1.82) is 0 Å². The average Bonchev–Trinajstić information content (AvgIpc) is 3.16. The summed E-state index contributed by atoms with van der Waals surface area (Å²) in [4.78, 5) is 25.7. The number of rotatable bonds is 4. The molecule has 2 amide bonds. The van der Waals surface area contributed by atoms with Gasteiger partial charge in [-0.05, 0) is 30.2 Å². The summed E-state index contributed by atoms with van der Waals surface area (Å²) in [6.45, 7) is 6.80. The molecule has 4 rings (SSSR count). The molecule has 7 nitrogen and oxygen atoms in total. The van der Waals surface area contributed by atoms with Crippen LogP contribution >= 0.6 is 0 Å². The fourth-order valence-electron chi connectivity index (χ4n) is 3.46. The van der Waals surface area contributed by atoms with Gasteiger partial charge < -0.3 is 19.5 Å². The van der Waals surface area contributed by atoms with Crippen LogP contribution in [0.4, 0.5) is 10.8 Å². The highest BCUT2D eigenvalue weighted by molar-refractivity contribution is 5.76. The number of fused-ring (bicyclic) bond motifs is 1. The lowest BCUT2D eigenvalue weighted by Gasteiger charge is -2.35. The highest BCUT2D eigenvalue weighted by Gasteiger charge is 2.27. The summed E-state index contributed by atoms with van der Waals surface area (Å²) in [5, 5.41) is 3.15. The number of hydrogen-bond acceptors (Lipinski definition) is 5. The van der Waals surface area contributed by atoms with E-state index in [2.05, 4.69) is 34.0 Å². The fourth-order valence-corrected chi connectivity index (χ4v) is 3.46. The normalized spacial score (nSPS) is 15.8. The van der Waals surface area contributed by atoms with E-state index in [9.17, 15) is 4.79 Å². The van der Waals surface area contributed by atoms with Crippen LogP contribution < -0.4 is 10.2 Å². The number of piperazine rings is 1. The van der Waals surface area contributed by atoms with E-state index in [1.807, 2.05) is 47.4 Å². The number of hydrogen-bond donors (Lipinski definition) is 1. The molecular formula is C21H25N5O2. The maximum Gasteiger partial charge on any atom is 0.318 e. The quantitative estimate of drug-likeness (QED) is 0.751. The number of carbonyl (C=O) groups excluding carboxylic acids is 1. The van der Waals surface area contributed by atoms with Crippen molar-refractivity contribution < 1.29 is 9.21 Å². The first-order chi connectivity index (χ1) is 13.6. The second-order valence-electron chi connectivity index (χ2n) is 7.36. The Morgan fingerprint density at radius 2 is 1.82 bits per heavy atom. The Morgan fingerprint density at radius 1 is 1.07 bits per heavy atom. The molecule has 1 N–H and O–H groups in total. The molecule has 0 aliphatic carbocycles. The van der Waals surface area contributed by atoms with Crippen molar-refractivity contribution in [3.05, 3.63) is 54.4 Å². The third kappa shape index (κ3) is 3.78. The molecule has 3 aromatic rings. The van der Waals surface area contributed by atoms with Crippen LogP contribution in [0.2, 0.25) is 0 Å². The standard InChI is InChI=1S/C21H25N5O2/c1-15(2)19(17-8-5-6-10-22-17)24-20(27)25-11-13-26(14-12-25)21-23-16-7-3-4-9-18(16)28-21/h3-10,15,19H,11-14H2,1-2H3,(H,24,27)/t19-/m1/s1. The molecular weight excluding hydrogens is 354 g/mol. The number of carbonyl (C=O) groups is 1. The zero-order valence-electron chi connectivity index (χ0n) is 16.2. The monoisotopic (exact) mass is 379 g/mol. The number of nitrogens with zero attached hydrogens (tertiary/aromatic N) is 4. The van der Waals surface area contributed by atoms with Gasteiger partial charge in [0.05, 0.1) is 11.7 Å². The molecule has 0 unspecified atom stereocenters. The molecule has 1 aliphatic rings. The van der Waals surface area contributed by atoms with Crippen LogP contribution in [0.25, 0.3) is 11.1 Å². The Balaban J connectivity index is 1.38. The molecule has 0 spiro atoms. The minimum absolute atomic E-state index is 0.0541. The predicted molar refractivity (Wildman–Crippen MR) is 108 cm³/mol. The van der Waals surface area contributed by atoms with E-state index < -0.39 is 0 Å². The Labute approximate surface area is 164 Å². The smallest absolute Gasteiger partial charge is 0.318 e. The van der Waals surface area contributed by atoms with Crippen molar-refractivity contribution in [3.8, 4) is 0 Å². The lowest BCUT2D eigenvalue weighted by molar-refractivity contribution is 0.185. The number of urea groups is 1. The van der Waals surface area contributed by atoms with Gasteiger partial charge in [0.1, 0.15) is 5.52 Å². The summed E-state index contributed by atoms with van der Waals surface area (Å²) in [7, 11) is 0. The summed E-state index contributed by atoms with van der Waals surface area (Å²) in [5.74, 6) is 0.250. The first kappa shape index (κ1) is 18.3. The Kier molecular flexibility index (Phi) is 5.14. The highest BCUT2D eigenvalue weighted by Crippen LogP contribution is 2.23. The number of benzene rings is 1. The van der Waals surface area contributed by atoms with Gasteiger partial charge in [0.25, 0.3) is 6.01 Å². The van der Waals surface area contributed by atoms with Crippen LogP contribution in [0.3, 0.4) is 0 Å². The molecule has 1 aromatic carbocycles. The number of aromatic nitrogens is 2. The van der Waals surface area contributed by atoms with Gasteiger partial charge in [-0.25, -0.2) is 4.79 Å². The van der Waals surface area contributed by atoms with Crippen molar-refractivity contribution in [2.75, 3.05) is 31.1 Å². The summed E-state index contributed by atoms with van der Waals surface area (Å²) in [6.07, 6.45) is 1.76. The zero-order chi connectivity index (χ0) is 19.5. The van der Waals surface area contributed by atoms with E-state index in [1.54, 1.807) is 6.20 Å². The molecule has 1 atom stereocenters. The number of pyridine rings is 1. The first-order valence-corrected chi connectivity index (χ1v) is 9.68. The molecule has 1 saturated heterocycles. The predicted octanol–water partition coefficient (Wildman–Crippen LogP) is 3.45. The molecule has 3 heterocycles. The van der Waals surface area contributed by atoms with Gasteiger partial charge in [0.15, 0.2) is 5.58 Å².